The third kappa shape index (κ3) is 14.0. The van der Waals surface area contributed by atoms with E-state index >= 15 is 0 Å². The van der Waals surface area contributed by atoms with Crippen LogP contribution in [0.5, 0.6) is 34.5 Å². The van der Waals surface area contributed by atoms with Gasteiger partial charge in [0.25, 0.3) is 17.7 Å². The summed E-state index contributed by atoms with van der Waals surface area (Å²) >= 11 is 0. The molecule has 0 bridgehead atoms. The lowest BCUT2D eigenvalue weighted by molar-refractivity contribution is -0.162. The first-order chi connectivity index (χ1) is 37.8. The van der Waals surface area contributed by atoms with E-state index in [0.717, 1.165) is 67.4 Å². The van der Waals surface area contributed by atoms with Crippen LogP contribution in [0.25, 0.3) is 0 Å². The molecule has 19 heteroatoms. The molecule has 418 valence electrons. The molecular weight excluding hydrogens is 1000 g/mol. The summed E-state index contributed by atoms with van der Waals surface area (Å²) in [6.45, 7) is 3.26. The average Bonchev–Trinajstić information content (AvgIpc) is 3.77. The highest BCUT2D eigenvalue weighted by Crippen LogP contribution is 2.42. The molecule has 19 nitrogen and oxygen atoms in total. The molecule has 0 aliphatic carbocycles. The Morgan fingerprint density at radius 2 is 1.41 bits per heavy atom. The van der Waals surface area contributed by atoms with Gasteiger partial charge in [-0.1, -0.05) is 56.9 Å². The second-order valence-corrected chi connectivity index (χ2v) is 19.5. The Kier molecular flexibility index (Phi) is 20.8. The lowest BCUT2D eigenvalue weighted by Gasteiger charge is -2.37. The molecule has 4 atom stereocenters. The number of hydrogen-bond acceptors (Lipinski definition) is 15. The number of hydrogen-bond donors (Lipinski definition) is 3. The van der Waals surface area contributed by atoms with E-state index in [1.165, 1.54) is 21.3 Å². The van der Waals surface area contributed by atoms with Crippen molar-refractivity contribution in [3.63, 3.8) is 0 Å². The number of nitrogens with zero attached hydrogens (tertiary/aromatic N) is 2. The maximum Gasteiger partial charge on any atom is 0.329 e. The number of fused-ring (bicyclic) bond motifs is 1. The monoisotopic (exact) mass is 1080 g/mol. The number of unbranched alkanes of at least 4 members (excludes halogenated alkanes) is 5. The van der Waals surface area contributed by atoms with E-state index in [1.54, 1.807) is 61.6 Å². The topological polar surface area (TPSA) is 227 Å². The SMILES string of the molecule is CC[C@H](C(=O)N1CCCC[C@H]1C(=O)OC(CCc1ccc(OC)c(OC)c1)c1ccc(OCC(=O)NCCCCCCCCNc2cccc3c2C(=O)N(C2CCC(=O)NC2=O)C3=O)cc1)c1cc(OC)c(OC)c(OC)c1. The molecule has 3 N–H and O–H groups in total. The minimum absolute atomic E-state index is 0.0599. The van der Waals surface area contributed by atoms with Gasteiger partial charge in [0.1, 0.15) is 23.9 Å². The lowest BCUT2D eigenvalue weighted by Crippen LogP contribution is -2.54. The number of aryl methyl sites for hydroxylation is 1. The first-order valence-electron chi connectivity index (χ1n) is 26.9. The molecule has 2 fully saturated rings. The van der Waals surface area contributed by atoms with Gasteiger partial charge in [-0.25, -0.2) is 4.79 Å². The largest absolute Gasteiger partial charge is 0.493 e. The van der Waals surface area contributed by atoms with Crippen molar-refractivity contribution in [2.45, 2.75) is 121 Å². The van der Waals surface area contributed by atoms with Gasteiger partial charge in [0.05, 0.1) is 52.6 Å². The number of carbonyl (C=O) groups is 7. The molecule has 3 aliphatic heterocycles. The Bertz CT molecular complexity index is 2760. The molecule has 7 rings (SSSR count). The number of methoxy groups -OCH3 is 5. The molecule has 0 aromatic heterocycles. The first kappa shape index (κ1) is 57.9. The fraction of sp³-hybridized carbons (Fsp3) is 0.475. The smallest absolute Gasteiger partial charge is 0.329 e. The summed E-state index contributed by atoms with van der Waals surface area (Å²) in [4.78, 5) is 94.9. The summed E-state index contributed by atoms with van der Waals surface area (Å²) in [6.07, 6.45) is 8.33. The van der Waals surface area contributed by atoms with Crippen LogP contribution in [-0.2, 0) is 35.1 Å². The number of ether oxygens (including phenoxy) is 7. The lowest BCUT2D eigenvalue weighted by atomic mass is 9.91. The second-order valence-electron chi connectivity index (χ2n) is 19.5. The maximum atomic E-state index is 14.5. The van der Waals surface area contributed by atoms with Crippen molar-refractivity contribution in [2.24, 2.45) is 0 Å². The summed E-state index contributed by atoms with van der Waals surface area (Å²) in [6, 6.07) is 19.6. The Balaban J connectivity index is 0.874. The van der Waals surface area contributed by atoms with Crippen LogP contribution in [0, 0.1) is 0 Å². The summed E-state index contributed by atoms with van der Waals surface area (Å²) < 4.78 is 40.0. The molecule has 4 aromatic rings. The quantitative estimate of drug-likeness (QED) is 0.0279. The number of benzene rings is 4. The normalized spacial score (nSPS) is 16.8. The van der Waals surface area contributed by atoms with E-state index in [9.17, 15) is 33.6 Å². The number of likely N-dealkylation sites (tertiary alicyclic amines) is 1. The van der Waals surface area contributed by atoms with Crippen molar-refractivity contribution in [3.8, 4) is 34.5 Å². The zero-order valence-corrected chi connectivity index (χ0v) is 45.6. The van der Waals surface area contributed by atoms with Gasteiger partial charge in [0.2, 0.25) is 23.5 Å². The van der Waals surface area contributed by atoms with Crippen molar-refractivity contribution in [2.75, 3.05) is 67.1 Å². The number of amides is 6. The minimum Gasteiger partial charge on any atom is -0.493 e. The number of anilines is 1. The highest BCUT2D eigenvalue weighted by molar-refractivity contribution is 6.25. The van der Waals surface area contributed by atoms with E-state index < -0.39 is 53.7 Å². The van der Waals surface area contributed by atoms with E-state index in [1.807, 2.05) is 37.3 Å². The summed E-state index contributed by atoms with van der Waals surface area (Å²) in [5, 5.41) is 8.44. The van der Waals surface area contributed by atoms with Gasteiger partial charge in [-0.05, 0) is 123 Å². The molecule has 0 radical (unpaired) electrons. The number of esters is 1. The third-order valence-corrected chi connectivity index (χ3v) is 14.6. The predicted octanol–water partition coefficient (Wildman–Crippen LogP) is 7.87. The van der Waals surface area contributed by atoms with Crippen molar-refractivity contribution in [3.05, 3.63) is 101 Å². The van der Waals surface area contributed by atoms with Gasteiger partial charge in [0, 0.05) is 31.7 Å². The van der Waals surface area contributed by atoms with Crippen molar-refractivity contribution >= 4 is 47.1 Å². The number of rotatable bonds is 28. The Hall–Kier alpha value is -7.83. The van der Waals surface area contributed by atoms with E-state index in [4.69, 9.17) is 33.2 Å². The summed E-state index contributed by atoms with van der Waals surface area (Å²) in [5.74, 6) is -0.687. The molecule has 78 heavy (non-hydrogen) atoms. The van der Waals surface area contributed by atoms with Gasteiger partial charge in [0.15, 0.2) is 29.6 Å². The molecule has 0 spiro atoms. The second kappa shape index (κ2) is 28.0. The summed E-state index contributed by atoms with van der Waals surface area (Å²) in [5.41, 5.74) is 3.39. The third-order valence-electron chi connectivity index (χ3n) is 14.6. The van der Waals surface area contributed by atoms with Gasteiger partial charge < -0.3 is 48.7 Å². The number of imide groups is 2. The Labute approximate surface area is 455 Å². The standard InChI is InChI=1S/C59H73N5O14/c1-7-41(39-34-49(74-4)54(76-6)50(35-39)75-5)56(68)63-32-15-12-19-45(63)59(71)78-46(27-20-37-21-28-47(72-2)48(33-37)73-3)38-22-24-40(25-23-38)77-36-52(66)61-31-14-11-9-8-10-13-30-60-43-18-16-17-42-53(43)58(70)64(57(42)69)44-26-29-51(65)62-55(44)67/h16-18,21-25,28,33-35,41,44-46,60H,7-15,19-20,26-27,29-32,36H2,1-6H3,(H,61,66)(H,62,65,67)/t41-,44?,45-,46?/m0/s1. The van der Waals surface area contributed by atoms with Gasteiger partial charge in [-0.2, -0.15) is 0 Å². The number of carbonyl (C=O) groups excluding carboxylic acids is 7. The minimum atomic E-state index is -1.02. The van der Waals surface area contributed by atoms with Gasteiger partial charge >= 0.3 is 5.97 Å². The highest BCUT2D eigenvalue weighted by atomic mass is 16.5. The fourth-order valence-corrected chi connectivity index (χ4v) is 10.4. The first-order valence-corrected chi connectivity index (χ1v) is 26.9. The van der Waals surface area contributed by atoms with Crippen molar-refractivity contribution in [1.82, 2.24) is 20.4 Å². The Morgan fingerprint density at radius 1 is 0.718 bits per heavy atom. The fourth-order valence-electron chi connectivity index (χ4n) is 10.4. The highest BCUT2D eigenvalue weighted by Gasteiger charge is 2.46. The molecule has 3 aliphatic rings. The maximum absolute atomic E-state index is 14.5. The van der Waals surface area contributed by atoms with Crippen LogP contribution >= 0.6 is 0 Å². The molecule has 2 saturated heterocycles. The zero-order chi connectivity index (χ0) is 55.7. The van der Waals surface area contributed by atoms with Crippen LogP contribution in [0.3, 0.4) is 0 Å². The van der Waals surface area contributed by atoms with Crippen molar-refractivity contribution in [1.29, 1.82) is 0 Å². The molecule has 2 unspecified atom stereocenters. The molecule has 6 amide bonds. The van der Waals surface area contributed by atoms with Crippen molar-refractivity contribution < 1.29 is 66.7 Å². The zero-order valence-electron chi connectivity index (χ0n) is 45.6. The molecular formula is C59H73N5O14. The van der Waals surface area contributed by atoms with Gasteiger partial charge in [-0.3, -0.25) is 39.0 Å². The van der Waals surface area contributed by atoms with Gasteiger partial charge in [-0.15, -0.1) is 0 Å². The number of piperidine rings is 2. The van der Waals surface area contributed by atoms with Crippen LogP contribution in [-0.4, -0.2) is 125 Å². The van der Waals surface area contributed by atoms with E-state index in [-0.39, 0.29) is 42.4 Å². The van der Waals surface area contributed by atoms with Crippen LogP contribution in [0.15, 0.2) is 72.8 Å². The Morgan fingerprint density at radius 3 is 2.08 bits per heavy atom. The van der Waals surface area contributed by atoms with Crippen LogP contribution in [0.4, 0.5) is 5.69 Å². The number of nitrogens with one attached hydrogen (secondary N) is 3. The summed E-state index contributed by atoms with van der Waals surface area (Å²) in [7, 11) is 7.74. The van der Waals surface area contributed by atoms with E-state index in [0.29, 0.717) is 91.1 Å². The molecule has 3 heterocycles. The van der Waals surface area contributed by atoms with Crippen LogP contribution in [0.2, 0.25) is 0 Å². The molecule has 0 saturated carbocycles. The van der Waals surface area contributed by atoms with Crippen LogP contribution < -0.4 is 44.4 Å². The molecule has 4 aromatic carbocycles. The average molecular weight is 1080 g/mol. The van der Waals surface area contributed by atoms with Crippen LogP contribution in [0.1, 0.15) is 140 Å². The predicted molar refractivity (Wildman–Crippen MR) is 289 cm³/mol. The van der Waals surface area contributed by atoms with E-state index in [2.05, 4.69) is 16.0 Å².